The summed E-state index contributed by atoms with van der Waals surface area (Å²) in [4.78, 5) is 11.1. The van der Waals surface area contributed by atoms with Gasteiger partial charge in [-0.25, -0.2) is 0 Å². The van der Waals surface area contributed by atoms with Crippen molar-refractivity contribution in [3.8, 4) is 5.75 Å². The number of hydrogen-bond acceptors (Lipinski definition) is 3. The van der Waals surface area contributed by atoms with Crippen molar-refractivity contribution < 1.29 is 9.90 Å². The lowest BCUT2D eigenvalue weighted by molar-refractivity contribution is -0.114. The highest BCUT2D eigenvalue weighted by Gasteiger charge is 2.07. The van der Waals surface area contributed by atoms with Crippen LogP contribution in [0.2, 0.25) is 0 Å². The fraction of sp³-hybridized carbons (Fsp3) is 0.188. The number of anilines is 2. The quantitative estimate of drug-likeness (QED) is 0.796. The van der Waals surface area contributed by atoms with Crippen LogP contribution in [0.25, 0.3) is 0 Å². The first-order valence-corrected chi connectivity index (χ1v) is 6.48. The lowest BCUT2D eigenvalue weighted by Crippen LogP contribution is -2.09. The summed E-state index contributed by atoms with van der Waals surface area (Å²) in [6.45, 7) is 3.51. The minimum atomic E-state index is -0.0873. The number of benzene rings is 2. The molecule has 1 unspecified atom stereocenters. The fourth-order valence-corrected chi connectivity index (χ4v) is 2.02. The van der Waals surface area contributed by atoms with Crippen molar-refractivity contribution in [3.63, 3.8) is 0 Å². The predicted octanol–water partition coefficient (Wildman–Crippen LogP) is 3.52. The summed E-state index contributed by atoms with van der Waals surface area (Å²) in [5, 5.41) is 15.5. The molecule has 2 rings (SSSR count). The van der Waals surface area contributed by atoms with Gasteiger partial charge in [0.15, 0.2) is 0 Å². The molecule has 0 bridgehead atoms. The van der Waals surface area contributed by atoms with Gasteiger partial charge in [0, 0.05) is 30.4 Å². The molecule has 0 aliphatic carbocycles. The average Bonchev–Trinajstić information content (AvgIpc) is 2.38. The molecule has 0 radical (unpaired) electrons. The normalized spacial score (nSPS) is 11.7. The Morgan fingerprint density at radius 2 is 1.80 bits per heavy atom. The molecular formula is C16H18N2O2. The zero-order valence-corrected chi connectivity index (χ0v) is 11.6. The van der Waals surface area contributed by atoms with Crippen molar-refractivity contribution in [3.05, 3.63) is 54.1 Å². The fourth-order valence-electron chi connectivity index (χ4n) is 2.02. The SMILES string of the molecule is CC(=O)Nc1cccc(C(C)Nc2cccc(O)c2)c1. The summed E-state index contributed by atoms with van der Waals surface area (Å²) < 4.78 is 0. The third kappa shape index (κ3) is 3.75. The first-order valence-electron chi connectivity index (χ1n) is 6.48. The van der Waals surface area contributed by atoms with Gasteiger partial charge in [0.2, 0.25) is 5.91 Å². The van der Waals surface area contributed by atoms with E-state index < -0.39 is 0 Å². The van der Waals surface area contributed by atoms with Gasteiger partial charge in [-0.1, -0.05) is 18.2 Å². The molecular weight excluding hydrogens is 252 g/mol. The van der Waals surface area contributed by atoms with E-state index in [2.05, 4.69) is 10.6 Å². The Bertz CT molecular complexity index is 611. The Morgan fingerprint density at radius 1 is 1.10 bits per heavy atom. The van der Waals surface area contributed by atoms with Crippen LogP contribution in [-0.4, -0.2) is 11.0 Å². The van der Waals surface area contributed by atoms with E-state index in [1.165, 1.54) is 6.92 Å². The molecule has 0 saturated carbocycles. The summed E-state index contributed by atoms with van der Waals surface area (Å²) >= 11 is 0. The van der Waals surface area contributed by atoms with E-state index in [1.54, 1.807) is 18.2 Å². The third-order valence-electron chi connectivity index (χ3n) is 2.94. The van der Waals surface area contributed by atoms with Gasteiger partial charge in [-0.05, 0) is 36.8 Å². The summed E-state index contributed by atoms with van der Waals surface area (Å²) in [5.74, 6) is 0.143. The van der Waals surface area contributed by atoms with Gasteiger partial charge in [0.1, 0.15) is 5.75 Å². The number of amides is 1. The second kappa shape index (κ2) is 6.10. The van der Waals surface area contributed by atoms with Crippen LogP contribution in [0, 0.1) is 0 Å². The number of carbonyl (C=O) groups excluding carboxylic acids is 1. The summed E-state index contributed by atoms with van der Waals surface area (Å²) in [5.41, 5.74) is 2.68. The monoisotopic (exact) mass is 270 g/mol. The van der Waals surface area contributed by atoms with Gasteiger partial charge in [-0.15, -0.1) is 0 Å². The first-order chi connectivity index (χ1) is 9.54. The lowest BCUT2D eigenvalue weighted by atomic mass is 10.1. The van der Waals surface area contributed by atoms with Gasteiger partial charge in [-0.3, -0.25) is 4.79 Å². The van der Waals surface area contributed by atoms with Crippen LogP contribution in [-0.2, 0) is 4.79 Å². The molecule has 4 nitrogen and oxygen atoms in total. The van der Waals surface area contributed by atoms with Crippen LogP contribution >= 0.6 is 0 Å². The molecule has 104 valence electrons. The summed E-state index contributed by atoms with van der Waals surface area (Å²) in [7, 11) is 0. The predicted molar refractivity (Wildman–Crippen MR) is 80.9 cm³/mol. The minimum absolute atomic E-state index is 0.0607. The Morgan fingerprint density at radius 3 is 2.50 bits per heavy atom. The Hall–Kier alpha value is -2.49. The Balaban J connectivity index is 2.12. The number of aromatic hydroxyl groups is 1. The largest absolute Gasteiger partial charge is 0.508 e. The van der Waals surface area contributed by atoms with E-state index in [9.17, 15) is 9.90 Å². The molecule has 1 amide bonds. The third-order valence-corrected chi connectivity index (χ3v) is 2.94. The maximum Gasteiger partial charge on any atom is 0.221 e. The van der Waals surface area contributed by atoms with Crippen molar-refractivity contribution in [1.82, 2.24) is 0 Å². The van der Waals surface area contributed by atoms with Crippen LogP contribution < -0.4 is 10.6 Å². The molecule has 0 spiro atoms. The maximum atomic E-state index is 11.1. The smallest absolute Gasteiger partial charge is 0.221 e. The number of nitrogens with one attached hydrogen (secondary N) is 2. The zero-order valence-electron chi connectivity index (χ0n) is 11.6. The molecule has 3 N–H and O–H groups in total. The van der Waals surface area contributed by atoms with Crippen molar-refractivity contribution in [2.45, 2.75) is 19.9 Å². The van der Waals surface area contributed by atoms with Gasteiger partial charge in [0.25, 0.3) is 0 Å². The minimum Gasteiger partial charge on any atom is -0.508 e. The van der Waals surface area contributed by atoms with Gasteiger partial charge in [-0.2, -0.15) is 0 Å². The second-order valence-corrected chi connectivity index (χ2v) is 4.72. The lowest BCUT2D eigenvalue weighted by Gasteiger charge is -2.17. The molecule has 0 aliphatic heterocycles. The number of phenols is 1. The van der Waals surface area contributed by atoms with Crippen LogP contribution in [0.4, 0.5) is 11.4 Å². The van der Waals surface area contributed by atoms with Gasteiger partial charge in [0.05, 0.1) is 0 Å². The van der Waals surface area contributed by atoms with Crippen LogP contribution in [0.3, 0.4) is 0 Å². The highest BCUT2D eigenvalue weighted by Crippen LogP contribution is 2.23. The highest BCUT2D eigenvalue weighted by atomic mass is 16.3. The molecule has 0 aliphatic rings. The Labute approximate surface area is 118 Å². The zero-order chi connectivity index (χ0) is 14.5. The van der Waals surface area contributed by atoms with Crippen molar-refractivity contribution in [1.29, 1.82) is 0 Å². The topological polar surface area (TPSA) is 61.4 Å². The van der Waals surface area contributed by atoms with E-state index in [0.29, 0.717) is 0 Å². The standard InChI is InChI=1S/C16H18N2O2/c1-11(17-15-7-4-8-16(20)10-15)13-5-3-6-14(9-13)18-12(2)19/h3-11,17,20H,1-2H3,(H,18,19). The molecule has 20 heavy (non-hydrogen) atoms. The second-order valence-electron chi connectivity index (χ2n) is 4.72. The van der Waals surface area contributed by atoms with Gasteiger partial charge >= 0.3 is 0 Å². The van der Waals surface area contributed by atoms with Crippen molar-refractivity contribution >= 4 is 17.3 Å². The van der Waals surface area contributed by atoms with Crippen LogP contribution in [0.15, 0.2) is 48.5 Å². The number of rotatable bonds is 4. The number of carbonyl (C=O) groups is 1. The number of phenolic OH excluding ortho intramolecular Hbond substituents is 1. The molecule has 0 heterocycles. The summed E-state index contributed by atoms with van der Waals surface area (Å²) in [6.07, 6.45) is 0. The molecule has 4 heteroatoms. The number of hydrogen-bond donors (Lipinski definition) is 3. The van der Waals surface area contributed by atoms with Crippen LogP contribution in [0.5, 0.6) is 5.75 Å². The molecule has 2 aromatic rings. The van der Waals surface area contributed by atoms with E-state index in [-0.39, 0.29) is 17.7 Å². The molecule has 0 fully saturated rings. The van der Waals surface area contributed by atoms with Gasteiger partial charge < -0.3 is 15.7 Å². The first kappa shape index (κ1) is 13.9. The van der Waals surface area contributed by atoms with E-state index in [4.69, 9.17) is 0 Å². The van der Waals surface area contributed by atoms with Crippen molar-refractivity contribution in [2.75, 3.05) is 10.6 Å². The Kier molecular flexibility index (Phi) is 4.25. The molecule has 0 aromatic heterocycles. The molecule has 0 saturated heterocycles. The van der Waals surface area contributed by atoms with Crippen molar-refractivity contribution in [2.24, 2.45) is 0 Å². The maximum absolute atomic E-state index is 11.1. The van der Waals surface area contributed by atoms with E-state index in [0.717, 1.165) is 16.9 Å². The van der Waals surface area contributed by atoms with Crippen LogP contribution in [0.1, 0.15) is 25.5 Å². The van der Waals surface area contributed by atoms with E-state index in [1.807, 2.05) is 37.3 Å². The summed E-state index contributed by atoms with van der Waals surface area (Å²) in [6, 6.07) is 14.7. The highest BCUT2D eigenvalue weighted by molar-refractivity contribution is 5.88. The molecule has 2 aromatic carbocycles. The average molecular weight is 270 g/mol. The molecule has 1 atom stereocenters. The van der Waals surface area contributed by atoms with E-state index >= 15 is 0 Å².